The van der Waals surface area contributed by atoms with E-state index in [-0.39, 0.29) is 23.3 Å². The second-order valence-electron chi connectivity index (χ2n) is 8.71. The number of carbonyl (C=O) groups is 1. The minimum Gasteiger partial charge on any atom is -0.349 e. The molecule has 162 valence electrons. The molecule has 3 aromatic rings. The zero-order valence-electron chi connectivity index (χ0n) is 17.8. The normalized spacial score (nSPS) is 22.8. The number of aromatic nitrogens is 3. The van der Waals surface area contributed by atoms with Gasteiger partial charge in [0.2, 0.25) is 5.91 Å². The summed E-state index contributed by atoms with van der Waals surface area (Å²) in [5.41, 5.74) is 4.19. The van der Waals surface area contributed by atoms with Crippen molar-refractivity contribution >= 4 is 17.2 Å². The summed E-state index contributed by atoms with van der Waals surface area (Å²) >= 11 is 1.65. The Balaban J connectivity index is 1.43. The molecule has 0 aliphatic carbocycles. The molecule has 1 saturated heterocycles. The van der Waals surface area contributed by atoms with Gasteiger partial charge in [0.1, 0.15) is 6.04 Å². The number of likely N-dealkylation sites (tertiary alicyclic amines) is 1. The van der Waals surface area contributed by atoms with E-state index in [1.165, 1.54) is 5.56 Å². The lowest BCUT2D eigenvalue weighted by Gasteiger charge is -2.46. The average Bonchev–Trinajstić information content (AvgIpc) is 3.35. The SMILES string of the molecule is Cc1ccsc1CNC(=O)[C@H]1[C@H]2C[C@H](CN(Cc3nc[nH]c3C)C2)c2cccc(=O)n21. The molecule has 0 spiro atoms. The second kappa shape index (κ2) is 8.09. The highest BCUT2D eigenvalue weighted by molar-refractivity contribution is 7.10. The largest absolute Gasteiger partial charge is 0.349 e. The fourth-order valence-corrected chi connectivity index (χ4v) is 5.96. The molecule has 1 fully saturated rings. The Kier molecular flexibility index (Phi) is 5.27. The van der Waals surface area contributed by atoms with Crippen LogP contribution in [0, 0.1) is 19.8 Å². The molecule has 3 aromatic heterocycles. The van der Waals surface area contributed by atoms with Gasteiger partial charge in [-0.25, -0.2) is 4.98 Å². The predicted octanol–water partition coefficient (Wildman–Crippen LogP) is 2.73. The maximum absolute atomic E-state index is 13.4. The van der Waals surface area contributed by atoms with Gasteiger partial charge < -0.3 is 10.3 Å². The lowest BCUT2D eigenvalue weighted by atomic mass is 9.78. The third-order valence-corrected chi connectivity index (χ3v) is 7.71. The molecular formula is C23H27N5O2S. The Hall–Kier alpha value is -2.71. The summed E-state index contributed by atoms with van der Waals surface area (Å²) in [7, 11) is 0. The Morgan fingerprint density at radius 2 is 2.16 bits per heavy atom. The fourth-order valence-electron chi connectivity index (χ4n) is 5.11. The zero-order chi connectivity index (χ0) is 21.5. The van der Waals surface area contributed by atoms with Crippen molar-refractivity contribution in [1.82, 2.24) is 24.8 Å². The zero-order valence-corrected chi connectivity index (χ0v) is 18.6. The lowest BCUT2D eigenvalue weighted by Crippen LogP contribution is -2.53. The number of nitrogens with one attached hydrogen (secondary N) is 2. The van der Waals surface area contributed by atoms with Gasteiger partial charge >= 0.3 is 0 Å². The van der Waals surface area contributed by atoms with E-state index >= 15 is 0 Å². The minimum atomic E-state index is -0.483. The third-order valence-electron chi connectivity index (χ3n) is 6.69. The van der Waals surface area contributed by atoms with E-state index < -0.39 is 6.04 Å². The van der Waals surface area contributed by atoms with Crippen LogP contribution in [0.5, 0.6) is 0 Å². The van der Waals surface area contributed by atoms with Gasteiger partial charge in [0.15, 0.2) is 0 Å². The molecule has 7 nitrogen and oxygen atoms in total. The molecule has 2 aliphatic rings. The van der Waals surface area contributed by atoms with Gasteiger partial charge in [0, 0.05) is 53.8 Å². The molecule has 31 heavy (non-hydrogen) atoms. The molecule has 8 heteroatoms. The number of hydrogen-bond acceptors (Lipinski definition) is 5. The van der Waals surface area contributed by atoms with Crippen LogP contribution in [0.1, 0.15) is 45.9 Å². The Morgan fingerprint density at radius 3 is 2.90 bits per heavy atom. The smallest absolute Gasteiger partial charge is 0.251 e. The number of rotatable bonds is 5. The predicted molar refractivity (Wildman–Crippen MR) is 120 cm³/mol. The monoisotopic (exact) mass is 437 g/mol. The van der Waals surface area contributed by atoms with Gasteiger partial charge in [-0.15, -0.1) is 11.3 Å². The first-order chi connectivity index (χ1) is 15.0. The van der Waals surface area contributed by atoms with Gasteiger partial charge in [0.25, 0.3) is 5.56 Å². The average molecular weight is 438 g/mol. The van der Waals surface area contributed by atoms with E-state index in [1.807, 2.05) is 24.4 Å². The highest BCUT2D eigenvalue weighted by Gasteiger charge is 2.43. The summed E-state index contributed by atoms with van der Waals surface area (Å²) in [5, 5.41) is 5.15. The number of thiophene rings is 1. The van der Waals surface area contributed by atoms with Crippen LogP contribution in [0.2, 0.25) is 0 Å². The van der Waals surface area contributed by atoms with Crippen molar-refractivity contribution < 1.29 is 4.79 Å². The van der Waals surface area contributed by atoms with Crippen molar-refractivity contribution in [2.24, 2.45) is 5.92 Å². The van der Waals surface area contributed by atoms with E-state index in [4.69, 9.17) is 0 Å². The molecule has 2 aliphatic heterocycles. The number of pyridine rings is 1. The lowest BCUT2D eigenvalue weighted by molar-refractivity contribution is -0.128. The van der Waals surface area contributed by atoms with E-state index in [9.17, 15) is 9.59 Å². The molecule has 0 radical (unpaired) electrons. The van der Waals surface area contributed by atoms with E-state index in [0.29, 0.717) is 6.54 Å². The first kappa shape index (κ1) is 20.2. The van der Waals surface area contributed by atoms with Crippen molar-refractivity contribution in [3.8, 4) is 0 Å². The minimum absolute atomic E-state index is 0.0661. The summed E-state index contributed by atoms with van der Waals surface area (Å²) in [6, 6.07) is 6.97. The van der Waals surface area contributed by atoms with Crippen LogP contribution in [0.25, 0.3) is 0 Å². The van der Waals surface area contributed by atoms with Gasteiger partial charge in [-0.2, -0.15) is 0 Å². The molecular weight excluding hydrogens is 410 g/mol. The van der Waals surface area contributed by atoms with Gasteiger partial charge in [-0.1, -0.05) is 6.07 Å². The van der Waals surface area contributed by atoms with Gasteiger partial charge in [-0.05, 0) is 43.3 Å². The Morgan fingerprint density at radius 1 is 1.29 bits per heavy atom. The summed E-state index contributed by atoms with van der Waals surface area (Å²) in [5.74, 6) is 0.272. The van der Waals surface area contributed by atoms with E-state index in [0.717, 1.165) is 48.0 Å². The molecule has 2 N–H and O–H groups in total. The summed E-state index contributed by atoms with van der Waals surface area (Å²) in [4.78, 5) is 37.4. The Labute approximate surface area is 185 Å². The van der Waals surface area contributed by atoms with Crippen molar-refractivity contribution in [2.45, 2.75) is 45.3 Å². The molecule has 0 unspecified atom stereocenters. The molecule has 1 amide bonds. The molecule has 3 atom stereocenters. The summed E-state index contributed by atoms with van der Waals surface area (Å²) in [6.07, 6.45) is 2.66. The number of hydrogen-bond donors (Lipinski definition) is 2. The van der Waals surface area contributed by atoms with Crippen LogP contribution >= 0.6 is 11.3 Å². The number of nitrogens with zero attached hydrogens (tertiary/aromatic N) is 3. The maximum atomic E-state index is 13.4. The van der Waals surface area contributed by atoms with Gasteiger partial charge in [-0.3, -0.25) is 19.1 Å². The van der Waals surface area contributed by atoms with E-state index in [1.54, 1.807) is 28.3 Å². The van der Waals surface area contributed by atoms with Crippen LogP contribution in [0.4, 0.5) is 0 Å². The fraction of sp³-hybridized carbons (Fsp3) is 0.435. The first-order valence-corrected chi connectivity index (χ1v) is 11.6. The van der Waals surface area contributed by atoms with Crippen molar-refractivity contribution in [3.05, 3.63) is 73.8 Å². The third kappa shape index (κ3) is 3.74. The van der Waals surface area contributed by atoms with Crippen LogP contribution in [-0.2, 0) is 17.9 Å². The maximum Gasteiger partial charge on any atom is 0.251 e. The number of H-pyrrole nitrogens is 1. The summed E-state index contributed by atoms with van der Waals surface area (Å²) < 4.78 is 1.76. The molecule has 5 rings (SSSR count). The quantitative estimate of drug-likeness (QED) is 0.643. The van der Waals surface area contributed by atoms with Crippen LogP contribution in [0.15, 0.2) is 40.8 Å². The molecule has 0 aromatic carbocycles. The van der Waals surface area contributed by atoms with Crippen LogP contribution in [-0.4, -0.2) is 38.4 Å². The molecule has 5 heterocycles. The van der Waals surface area contributed by atoms with Crippen molar-refractivity contribution in [1.29, 1.82) is 0 Å². The number of aryl methyl sites for hydroxylation is 2. The first-order valence-electron chi connectivity index (χ1n) is 10.7. The summed E-state index contributed by atoms with van der Waals surface area (Å²) in [6.45, 7) is 6.99. The van der Waals surface area contributed by atoms with Crippen LogP contribution in [0.3, 0.4) is 0 Å². The number of carbonyl (C=O) groups excluding carboxylic acids is 1. The van der Waals surface area contributed by atoms with Gasteiger partial charge in [0.05, 0.1) is 18.6 Å². The highest BCUT2D eigenvalue weighted by Crippen LogP contribution is 2.41. The molecule has 0 saturated carbocycles. The number of piperidine rings is 1. The Bertz CT molecular complexity index is 1160. The highest BCUT2D eigenvalue weighted by atomic mass is 32.1. The number of fused-ring (bicyclic) bond motifs is 4. The number of aromatic amines is 1. The van der Waals surface area contributed by atoms with Crippen LogP contribution < -0.4 is 10.9 Å². The molecule has 2 bridgehead atoms. The van der Waals surface area contributed by atoms with Crippen molar-refractivity contribution in [2.75, 3.05) is 13.1 Å². The van der Waals surface area contributed by atoms with Crippen molar-refractivity contribution in [3.63, 3.8) is 0 Å². The topological polar surface area (TPSA) is 83.0 Å². The van der Waals surface area contributed by atoms with E-state index in [2.05, 4.69) is 33.2 Å². The second-order valence-corrected chi connectivity index (χ2v) is 9.71. The number of imidazole rings is 1. The standard InChI is InChI=1S/C23H27N5O2S/c1-14-6-7-31-20(14)9-24-23(30)22-17-8-16(19-4-3-5-21(29)28(19)22)10-27(11-17)12-18-15(2)25-13-26-18/h3-7,13,16-17,22H,8-12H2,1-2H3,(H,24,30)(H,25,26)/t16-,17+,22-/m1/s1. The number of amides is 1.